The quantitative estimate of drug-likeness (QED) is 0.866. The highest BCUT2D eigenvalue weighted by atomic mass is 35.5. The Labute approximate surface area is 111 Å². The lowest BCUT2D eigenvalue weighted by Gasteiger charge is -2.12. The molecule has 0 saturated heterocycles. The van der Waals surface area contributed by atoms with E-state index in [1.54, 1.807) is 25.3 Å². The summed E-state index contributed by atoms with van der Waals surface area (Å²) in [5.41, 5.74) is 0.725. The van der Waals surface area contributed by atoms with E-state index in [0.29, 0.717) is 16.3 Å². The van der Waals surface area contributed by atoms with Crippen LogP contribution in [0.2, 0.25) is 5.02 Å². The van der Waals surface area contributed by atoms with Crippen LogP contribution in [0, 0.1) is 0 Å². The highest BCUT2D eigenvalue weighted by Gasteiger charge is 2.17. The molecule has 1 aromatic rings. The fourth-order valence-electron chi connectivity index (χ4n) is 1.55. The van der Waals surface area contributed by atoms with Crippen molar-refractivity contribution in [3.63, 3.8) is 0 Å². The smallest absolute Gasteiger partial charge is 0.176 e. The van der Waals surface area contributed by atoms with Gasteiger partial charge in [0.05, 0.1) is 16.0 Å². The maximum atomic E-state index is 11.7. The van der Waals surface area contributed by atoms with E-state index in [1.165, 1.54) is 11.8 Å². The minimum atomic E-state index is -3.31. The normalized spacial score (nSPS) is 13.7. The zero-order valence-electron chi connectivity index (χ0n) is 9.90. The Balaban J connectivity index is 3.39. The molecule has 0 bridgehead atoms. The van der Waals surface area contributed by atoms with E-state index in [1.807, 2.05) is 0 Å². The van der Waals surface area contributed by atoms with Crippen molar-refractivity contribution in [3.8, 4) is 0 Å². The topological polar surface area (TPSA) is 54.4 Å². The van der Waals surface area contributed by atoms with E-state index in [2.05, 4.69) is 0 Å². The van der Waals surface area contributed by atoms with Gasteiger partial charge in [-0.25, -0.2) is 8.42 Å². The second kappa shape index (κ2) is 5.61. The van der Waals surface area contributed by atoms with Gasteiger partial charge < -0.3 is 5.11 Å². The fraction of sp³-hybridized carbons (Fsp3) is 0.455. The molecule has 0 aliphatic heterocycles. The van der Waals surface area contributed by atoms with Crippen LogP contribution in [0.4, 0.5) is 0 Å². The first kappa shape index (κ1) is 14.8. The molecule has 0 spiro atoms. The molecule has 0 aliphatic carbocycles. The van der Waals surface area contributed by atoms with Gasteiger partial charge in [0.25, 0.3) is 0 Å². The summed E-state index contributed by atoms with van der Waals surface area (Å²) in [5.74, 6) is 0. The van der Waals surface area contributed by atoms with E-state index in [9.17, 15) is 13.5 Å². The van der Waals surface area contributed by atoms with Crippen LogP contribution in [-0.2, 0) is 16.3 Å². The Hall–Kier alpha value is -0.230. The van der Waals surface area contributed by atoms with Crippen molar-refractivity contribution in [1.29, 1.82) is 0 Å². The molecule has 0 aliphatic rings. The maximum absolute atomic E-state index is 11.7. The second-order valence-corrected chi connectivity index (χ2v) is 7.14. The average Bonchev–Trinajstić information content (AvgIpc) is 2.14. The number of thioether (sulfide) groups is 1. The molecule has 0 heterocycles. The molecule has 1 atom stereocenters. The van der Waals surface area contributed by atoms with Gasteiger partial charge in [-0.2, -0.15) is 0 Å². The summed E-state index contributed by atoms with van der Waals surface area (Å²) in [6.45, 7) is 1.65. The molecular weight excluding hydrogens is 280 g/mol. The molecule has 6 heteroatoms. The van der Waals surface area contributed by atoms with Gasteiger partial charge in [-0.15, -0.1) is 11.8 Å². The summed E-state index contributed by atoms with van der Waals surface area (Å²) in [7, 11) is -3.31. The third-order valence-electron chi connectivity index (χ3n) is 2.20. The Morgan fingerprint density at radius 1 is 1.47 bits per heavy atom. The van der Waals surface area contributed by atoms with Crippen molar-refractivity contribution in [1.82, 2.24) is 0 Å². The Morgan fingerprint density at radius 2 is 2.06 bits per heavy atom. The third kappa shape index (κ3) is 3.88. The van der Waals surface area contributed by atoms with Crippen molar-refractivity contribution < 1.29 is 13.5 Å². The molecule has 3 nitrogen and oxygen atoms in total. The summed E-state index contributed by atoms with van der Waals surface area (Å²) in [4.78, 5) is 0.789. The van der Waals surface area contributed by atoms with E-state index in [4.69, 9.17) is 11.6 Å². The Kier molecular flexibility index (Phi) is 4.89. The molecule has 0 fully saturated rings. The molecular formula is C11H15ClO3S2. The van der Waals surface area contributed by atoms with Crippen LogP contribution in [-0.4, -0.2) is 32.1 Å². The van der Waals surface area contributed by atoms with Crippen molar-refractivity contribution in [3.05, 3.63) is 22.7 Å². The molecule has 96 valence electrons. The van der Waals surface area contributed by atoms with Crippen LogP contribution < -0.4 is 0 Å². The number of hydrogen-bond acceptors (Lipinski definition) is 4. The molecule has 0 aromatic heterocycles. The van der Waals surface area contributed by atoms with E-state index in [0.717, 1.165) is 11.8 Å². The zero-order valence-corrected chi connectivity index (χ0v) is 12.3. The zero-order chi connectivity index (χ0) is 13.2. The van der Waals surface area contributed by atoms with Crippen LogP contribution in [0.25, 0.3) is 0 Å². The van der Waals surface area contributed by atoms with Gasteiger partial charge >= 0.3 is 0 Å². The van der Waals surface area contributed by atoms with Crippen molar-refractivity contribution >= 4 is 33.2 Å². The van der Waals surface area contributed by atoms with Crippen LogP contribution in [0.1, 0.15) is 12.5 Å². The summed E-state index contributed by atoms with van der Waals surface area (Å²) in [6.07, 6.45) is 2.80. The summed E-state index contributed by atoms with van der Waals surface area (Å²) >= 11 is 7.36. The highest BCUT2D eigenvalue weighted by molar-refractivity contribution is 7.99. The second-order valence-electron chi connectivity index (χ2n) is 3.93. The number of halogens is 1. The predicted octanol–water partition coefficient (Wildman–Crippen LogP) is 2.39. The van der Waals surface area contributed by atoms with Crippen LogP contribution in [0.5, 0.6) is 0 Å². The standard InChI is InChI=1S/C11H15ClO3S2/c1-7(13)4-8-5-9(12)11(16-2)10(6-8)17(3,14)15/h5-7,13H,4H2,1-3H3. The lowest BCUT2D eigenvalue weighted by atomic mass is 10.1. The van der Waals surface area contributed by atoms with Crippen molar-refractivity contribution in [2.24, 2.45) is 0 Å². The summed E-state index contributed by atoms with van der Waals surface area (Å²) < 4.78 is 23.3. The van der Waals surface area contributed by atoms with E-state index < -0.39 is 15.9 Å². The number of aliphatic hydroxyl groups is 1. The van der Waals surface area contributed by atoms with Gasteiger partial charge in [-0.05, 0) is 37.3 Å². The van der Waals surface area contributed by atoms with Crippen molar-refractivity contribution in [2.75, 3.05) is 12.5 Å². The molecule has 0 radical (unpaired) electrons. The van der Waals surface area contributed by atoms with E-state index in [-0.39, 0.29) is 4.90 Å². The minimum Gasteiger partial charge on any atom is -0.393 e. The third-order valence-corrected chi connectivity index (χ3v) is 4.71. The van der Waals surface area contributed by atoms with Gasteiger partial charge in [-0.3, -0.25) is 0 Å². The number of benzene rings is 1. The molecule has 1 aromatic carbocycles. The first-order valence-electron chi connectivity index (χ1n) is 5.00. The largest absolute Gasteiger partial charge is 0.393 e. The monoisotopic (exact) mass is 294 g/mol. The first-order chi connectivity index (χ1) is 7.75. The average molecular weight is 295 g/mol. The molecule has 0 saturated carbocycles. The first-order valence-corrected chi connectivity index (χ1v) is 8.49. The molecule has 0 amide bonds. The van der Waals surface area contributed by atoms with Crippen LogP contribution in [0.3, 0.4) is 0 Å². The van der Waals surface area contributed by atoms with Crippen LogP contribution >= 0.6 is 23.4 Å². The number of hydrogen-bond donors (Lipinski definition) is 1. The Bertz CT molecular complexity index is 510. The van der Waals surface area contributed by atoms with Gasteiger partial charge in [0.1, 0.15) is 0 Å². The minimum absolute atomic E-state index is 0.230. The number of aliphatic hydroxyl groups excluding tert-OH is 1. The van der Waals surface area contributed by atoms with Gasteiger partial charge in [0, 0.05) is 11.2 Å². The van der Waals surface area contributed by atoms with E-state index >= 15 is 0 Å². The van der Waals surface area contributed by atoms with Crippen molar-refractivity contribution in [2.45, 2.75) is 29.2 Å². The highest BCUT2D eigenvalue weighted by Crippen LogP contribution is 2.33. The molecule has 17 heavy (non-hydrogen) atoms. The SMILES string of the molecule is CSc1c(Cl)cc(CC(C)O)cc1S(C)(=O)=O. The lowest BCUT2D eigenvalue weighted by Crippen LogP contribution is -2.07. The predicted molar refractivity (Wildman–Crippen MR) is 71.7 cm³/mol. The molecule has 1 rings (SSSR count). The van der Waals surface area contributed by atoms with Crippen LogP contribution in [0.15, 0.2) is 21.9 Å². The lowest BCUT2D eigenvalue weighted by molar-refractivity contribution is 0.195. The summed E-state index contributed by atoms with van der Waals surface area (Å²) in [5, 5.41) is 9.73. The van der Waals surface area contributed by atoms with Gasteiger partial charge in [-0.1, -0.05) is 11.6 Å². The van der Waals surface area contributed by atoms with Gasteiger partial charge in [0.15, 0.2) is 9.84 Å². The number of rotatable bonds is 4. The fourth-order valence-corrected chi connectivity index (χ4v) is 4.11. The number of sulfone groups is 1. The molecule has 1 N–H and O–H groups in total. The van der Waals surface area contributed by atoms with Gasteiger partial charge in [0.2, 0.25) is 0 Å². The maximum Gasteiger partial charge on any atom is 0.176 e. The Morgan fingerprint density at radius 3 is 2.47 bits per heavy atom. The molecule has 1 unspecified atom stereocenters. The summed E-state index contributed by atoms with van der Waals surface area (Å²) in [6, 6.07) is 3.29.